The fourth-order valence-electron chi connectivity index (χ4n) is 0.827. The monoisotopic (exact) mass is 175 g/mol. The standard InChI is InChI=1S/C9H21NO2/c1-9(2)10-5-8-12-7-4-6-11-3/h9-10H,4-8H2,1-3H3. The van der Waals surface area contributed by atoms with Crippen LogP contribution in [-0.4, -0.2) is 39.5 Å². The largest absolute Gasteiger partial charge is 0.385 e. The van der Waals surface area contributed by atoms with Crippen LogP contribution < -0.4 is 5.32 Å². The lowest BCUT2D eigenvalue weighted by molar-refractivity contribution is 0.103. The third kappa shape index (κ3) is 9.88. The molecule has 0 aliphatic rings. The molecule has 1 N–H and O–H groups in total. The highest BCUT2D eigenvalue weighted by Crippen LogP contribution is 1.83. The molecular formula is C9H21NO2. The Hall–Kier alpha value is -0.120. The summed E-state index contributed by atoms with van der Waals surface area (Å²) in [6.07, 6.45) is 0.984. The van der Waals surface area contributed by atoms with Crippen molar-refractivity contribution in [2.24, 2.45) is 0 Å². The van der Waals surface area contributed by atoms with Crippen LogP contribution in [0.2, 0.25) is 0 Å². The highest BCUT2D eigenvalue weighted by atomic mass is 16.5. The van der Waals surface area contributed by atoms with Crippen LogP contribution in [0.3, 0.4) is 0 Å². The van der Waals surface area contributed by atoms with Gasteiger partial charge in [0.05, 0.1) is 6.61 Å². The highest BCUT2D eigenvalue weighted by molar-refractivity contribution is 4.50. The molecule has 0 unspecified atom stereocenters. The van der Waals surface area contributed by atoms with E-state index in [1.165, 1.54) is 0 Å². The molecule has 0 aliphatic heterocycles. The van der Waals surface area contributed by atoms with E-state index in [9.17, 15) is 0 Å². The number of ether oxygens (including phenoxy) is 2. The van der Waals surface area contributed by atoms with E-state index in [2.05, 4.69) is 19.2 Å². The summed E-state index contributed by atoms with van der Waals surface area (Å²) in [5.74, 6) is 0. The average Bonchev–Trinajstić information content (AvgIpc) is 2.02. The third-order valence-electron chi connectivity index (χ3n) is 1.44. The smallest absolute Gasteiger partial charge is 0.0591 e. The molecule has 0 saturated heterocycles. The maximum atomic E-state index is 5.34. The average molecular weight is 175 g/mol. The fourth-order valence-corrected chi connectivity index (χ4v) is 0.827. The summed E-state index contributed by atoms with van der Waals surface area (Å²) in [7, 11) is 1.71. The van der Waals surface area contributed by atoms with E-state index in [0.717, 1.165) is 32.8 Å². The van der Waals surface area contributed by atoms with Crippen molar-refractivity contribution in [2.45, 2.75) is 26.3 Å². The zero-order valence-electron chi connectivity index (χ0n) is 8.43. The number of nitrogens with one attached hydrogen (secondary N) is 1. The van der Waals surface area contributed by atoms with Crippen LogP contribution in [0.25, 0.3) is 0 Å². The summed E-state index contributed by atoms with van der Waals surface area (Å²) in [6, 6.07) is 0.549. The Morgan fingerprint density at radius 2 is 1.92 bits per heavy atom. The lowest BCUT2D eigenvalue weighted by atomic mass is 10.4. The Bertz CT molecular complexity index is 86.6. The van der Waals surface area contributed by atoms with Gasteiger partial charge in [-0.25, -0.2) is 0 Å². The molecule has 74 valence electrons. The van der Waals surface area contributed by atoms with Gasteiger partial charge in [-0.1, -0.05) is 13.8 Å². The molecule has 3 heteroatoms. The van der Waals surface area contributed by atoms with Gasteiger partial charge in [0, 0.05) is 32.9 Å². The summed E-state index contributed by atoms with van der Waals surface area (Å²) < 4.78 is 10.2. The van der Waals surface area contributed by atoms with Gasteiger partial charge in [0.2, 0.25) is 0 Å². The van der Waals surface area contributed by atoms with Crippen molar-refractivity contribution in [2.75, 3.05) is 33.5 Å². The first-order valence-electron chi connectivity index (χ1n) is 4.57. The summed E-state index contributed by atoms with van der Waals surface area (Å²) in [5, 5.41) is 3.28. The molecule has 0 aliphatic carbocycles. The second kappa shape index (κ2) is 8.97. The van der Waals surface area contributed by atoms with Crippen LogP contribution in [-0.2, 0) is 9.47 Å². The summed E-state index contributed by atoms with van der Waals surface area (Å²) in [6.45, 7) is 7.58. The minimum Gasteiger partial charge on any atom is -0.385 e. The Kier molecular flexibility index (Phi) is 8.88. The Morgan fingerprint density at radius 1 is 1.17 bits per heavy atom. The predicted octanol–water partition coefficient (Wildman–Crippen LogP) is 1.04. The van der Waals surface area contributed by atoms with Crippen molar-refractivity contribution in [3.63, 3.8) is 0 Å². The molecule has 0 saturated carbocycles. The molecule has 0 bridgehead atoms. The van der Waals surface area contributed by atoms with Gasteiger partial charge in [-0.3, -0.25) is 0 Å². The normalized spacial score (nSPS) is 11.0. The van der Waals surface area contributed by atoms with Crippen molar-refractivity contribution in [3.05, 3.63) is 0 Å². The quantitative estimate of drug-likeness (QED) is 0.559. The zero-order chi connectivity index (χ0) is 9.23. The number of rotatable bonds is 8. The van der Waals surface area contributed by atoms with Crippen molar-refractivity contribution in [1.82, 2.24) is 5.32 Å². The minimum atomic E-state index is 0.549. The topological polar surface area (TPSA) is 30.5 Å². The Balaban J connectivity index is 2.82. The molecule has 3 nitrogen and oxygen atoms in total. The van der Waals surface area contributed by atoms with Crippen LogP contribution in [0.15, 0.2) is 0 Å². The molecular weight excluding hydrogens is 154 g/mol. The molecule has 0 radical (unpaired) electrons. The van der Waals surface area contributed by atoms with Gasteiger partial charge in [0.15, 0.2) is 0 Å². The summed E-state index contributed by atoms with van der Waals surface area (Å²) in [4.78, 5) is 0. The molecule has 0 atom stereocenters. The third-order valence-corrected chi connectivity index (χ3v) is 1.44. The highest BCUT2D eigenvalue weighted by Gasteiger charge is 1.91. The number of methoxy groups -OCH3 is 1. The van der Waals surface area contributed by atoms with E-state index in [0.29, 0.717) is 6.04 Å². The zero-order valence-corrected chi connectivity index (χ0v) is 8.43. The van der Waals surface area contributed by atoms with E-state index in [1.54, 1.807) is 7.11 Å². The number of hydrogen-bond acceptors (Lipinski definition) is 3. The lowest BCUT2D eigenvalue weighted by Gasteiger charge is -2.08. The summed E-state index contributed by atoms with van der Waals surface area (Å²) >= 11 is 0. The van der Waals surface area contributed by atoms with Gasteiger partial charge in [-0.2, -0.15) is 0 Å². The van der Waals surface area contributed by atoms with Crippen LogP contribution in [0.1, 0.15) is 20.3 Å². The van der Waals surface area contributed by atoms with Gasteiger partial charge >= 0.3 is 0 Å². The van der Waals surface area contributed by atoms with Gasteiger partial charge in [0.25, 0.3) is 0 Å². The molecule has 0 spiro atoms. The summed E-state index contributed by atoms with van der Waals surface area (Å²) in [5.41, 5.74) is 0. The first-order valence-corrected chi connectivity index (χ1v) is 4.57. The molecule has 0 amide bonds. The molecule has 0 aromatic rings. The van der Waals surface area contributed by atoms with Gasteiger partial charge < -0.3 is 14.8 Å². The molecule has 0 fully saturated rings. The van der Waals surface area contributed by atoms with E-state index < -0.39 is 0 Å². The van der Waals surface area contributed by atoms with Crippen molar-refractivity contribution < 1.29 is 9.47 Å². The van der Waals surface area contributed by atoms with Gasteiger partial charge in [-0.05, 0) is 6.42 Å². The second-order valence-corrected chi connectivity index (χ2v) is 3.07. The van der Waals surface area contributed by atoms with Crippen LogP contribution in [0.4, 0.5) is 0 Å². The predicted molar refractivity (Wildman–Crippen MR) is 50.5 cm³/mol. The SMILES string of the molecule is COCCCOCCNC(C)C. The molecule has 0 rings (SSSR count). The molecule has 12 heavy (non-hydrogen) atoms. The first kappa shape index (κ1) is 11.9. The molecule has 0 aromatic carbocycles. The van der Waals surface area contributed by atoms with Crippen LogP contribution in [0.5, 0.6) is 0 Å². The van der Waals surface area contributed by atoms with Crippen molar-refractivity contribution in [1.29, 1.82) is 0 Å². The lowest BCUT2D eigenvalue weighted by Crippen LogP contribution is -2.26. The van der Waals surface area contributed by atoms with Crippen molar-refractivity contribution in [3.8, 4) is 0 Å². The number of hydrogen-bond donors (Lipinski definition) is 1. The van der Waals surface area contributed by atoms with E-state index in [1.807, 2.05) is 0 Å². The molecule has 0 aromatic heterocycles. The second-order valence-electron chi connectivity index (χ2n) is 3.07. The maximum absolute atomic E-state index is 5.34. The fraction of sp³-hybridized carbons (Fsp3) is 1.00. The maximum Gasteiger partial charge on any atom is 0.0591 e. The van der Waals surface area contributed by atoms with Crippen molar-refractivity contribution >= 4 is 0 Å². The Morgan fingerprint density at radius 3 is 2.50 bits per heavy atom. The van der Waals surface area contributed by atoms with Crippen LogP contribution in [0, 0.1) is 0 Å². The first-order chi connectivity index (χ1) is 5.77. The Labute approximate surface area is 75.4 Å². The van der Waals surface area contributed by atoms with E-state index in [4.69, 9.17) is 9.47 Å². The van der Waals surface area contributed by atoms with Crippen LogP contribution >= 0.6 is 0 Å². The van der Waals surface area contributed by atoms with Gasteiger partial charge in [-0.15, -0.1) is 0 Å². The molecule has 0 heterocycles. The van der Waals surface area contributed by atoms with E-state index >= 15 is 0 Å². The minimum absolute atomic E-state index is 0.549. The van der Waals surface area contributed by atoms with Gasteiger partial charge in [0.1, 0.15) is 0 Å². The van der Waals surface area contributed by atoms with E-state index in [-0.39, 0.29) is 0 Å².